The molecule has 4 nitrogen and oxygen atoms in total. The van der Waals surface area contributed by atoms with E-state index in [2.05, 4.69) is 128 Å². The van der Waals surface area contributed by atoms with Gasteiger partial charge < -0.3 is 9.80 Å². The first-order chi connectivity index (χ1) is 13.4. The molecule has 2 unspecified atom stereocenters. The first-order valence-electron chi connectivity index (χ1n) is 10.0. The number of anilines is 2. The third kappa shape index (κ3) is 7.36. The lowest BCUT2D eigenvalue weighted by Crippen LogP contribution is -2.35. The van der Waals surface area contributed by atoms with Crippen molar-refractivity contribution < 1.29 is 9.13 Å². The van der Waals surface area contributed by atoms with Crippen LogP contribution in [0.1, 0.15) is 48.4 Å². The van der Waals surface area contributed by atoms with Gasteiger partial charge in [-0.05, 0) is 44.7 Å². The molecule has 0 aliphatic rings. The number of unbranched alkanes of at least 4 members (excludes halogenated alkanes) is 3. The Hall–Kier alpha value is -1.14. The molecule has 2 aromatic heterocycles. The number of aromatic nitrogens is 2. The van der Waals surface area contributed by atoms with Gasteiger partial charge >= 0.3 is 0 Å². The van der Waals surface area contributed by atoms with E-state index in [1.807, 2.05) is 0 Å². The highest BCUT2D eigenvalue weighted by Crippen LogP contribution is 2.21. The normalized spacial score (nSPS) is 13.2. The standard InChI is InChI=1S/C22H34Br2N4/c1-25(2)19-11-15-27(16-12-19)21(23)9-7-5-6-8-10-22(24)28-17-13-20(14-18-28)26(3)4/h11-18,21-22H,5-10H2,1-4H3/q+2. The van der Waals surface area contributed by atoms with Gasteiger partial charge in [0.1, 0.15) is 0 Å². The molecule has 0 saturated heterocycles. The van der Waals surface area contributed by atoms with Crippen molar-refractivity contribution >= 4 is 43.2 Å². The Morgan fingerprint density at radius 3 is 1.25 bits per heavy atom. The maximum atomic E-state index is 3.82. The number of hydrogen-bond donors (Lipinski definition) is 0. The first-order valence-corrected chi connectivity index (χ1v) is 11.9. The van der Waals surface area contributed by atoms with Crippen LogP contribution in [0.2, 0.25) is 0 Å². The van der Waals surface area contributed by atoms with Gasteiger partial charge in [0.25, 0.3) is 0 Å². The van der Waals surface area contributed by atoms with Crippen molar-refractivity contribution in [1.82, 2.24) is 0 Å². The topological polar surface area (TPSA) is 14.2 Å². The maximum absolute atomic E-state index is 3.82. The lowest BCUT2D eigenvalue weighted by atomic mass is 10.1. The van der Waals surface area contributed by atoms with Gasteiger partial charge in [0.2, 0.25) is 9.90 Å². The molecule has 154 valence electrons. The van der Waals surface area contributed by atoms with Crippen LogP contribution in [0.15, 0.2) is 49.1 Å². The minimum atomic E-state index is 0.374. The molecule has 6 heteroatoms. The van der Waals surface area contributed by atoms with E-state index in [9.17, 15) is 0 Å². The fourth-order valence-electron chi connectivity index (χ4n) is 3.11. The highest BCUT2D eigenvalue weighted by Gasteiger charge is 2.15. The summed E-state index contributed by atoms with van der Waals surface area (Å²) in [6, 6.07) is 8.64. The first kappa shape index (κ1) is 23.1. The van der Waals surface area contributed by atoms with E-state index in [4.69, 9.17) is 0 Å². The van der Waals surface area contributed by atoms with Gasteiger partial charge in [-0.15, -0.1) is 0 Å². The van der Waals surface area contributed by atoms with Crippen molar-refractivity contribution in [3.63, 3.8) is 0 Å². The molecule has 0 aliphatic heterocycles. The molecule has 0 fully saturated rings. The Morgan fingerprint density at radius 1 is 0.643 bits per heavy atom. The quantitative estimate of drug-likeness (QED) is 0.232. The maximum Gasteiger partial charge on any atom is 0.211 e. The number of nitrogens with zero attached hydrogens (tertiary/aromatic N) is 4. The van der Waals surface area contributed by atoms with Gasteiger partial charge in [0.05, 0.1) is 0 Å². The highest BCUT2D eigenvalue weighted by molar-refractivity contribution is 9.09. The molecule has 2 aromatic rings. The Kier molecular flexibility index (Phi) is 9.72. The van der Waals surface area contributed by atoms with E-state index in [1.165, 1.54) is 37.1 Å². The average Bonchev–Trinajstić information content (AvgIpc) is 2.70. The summed E-state index contributed by atoms with van der Waals surface area (Å²) in [5.74, 6) is 0. The van der Waals surface area contributed by atoms with Crippen LogP contribution in [-0.4, -0.2) is 28.2 Å². The van der Waals surface area contributed by atoms with E-state index in [0.717, 1.165) is 12.8 Å². The number of alkyl halides is 2. The Labute approximate surface area is 187 Å². The highest BCUT2D eigenvalue weighted by atomic mass is 79.9. The fourth-order valence-corrected chi connectivity index (χ4v) is 4.30. The molecule has 2 rings (SSSR count). The van der Waals surface area contributed by atoms with Crippen molar-refractivity contribution in [1.29, 1.82) is 0 Å². The van der Waals surface area contributed by atoms with Crippen LogP contribution in [0.5, 0.6) is 0 Å². The SMILES string of the molecule is CN(C)c1cc[n+](C(Br)CCCCCCC(Br)[n+]2ccc(N(C)C)cc2)cc1. The summed E-state index contributed by atoms with van der Waals surface area (Å²) in [5.41, 5.74) is 2.46. The molecule has 0 aliphatic carbocycles. The summed E-state index contributed by atoms with van der Waals surface area (Å²) in [7, 11) is 8.28. The minimum absolute atomic E-state index is 0.374. The second-order valence-corrected chi connectivity index (χ2v) is 9.77. The van der Waals surface area contributed by atoms with Crippen LogP contribution >= 0.6 is 31.9 Å². The van der Waals surface area contributed by atoms with Crippen LogP contribution < -0.4 is 18.9 Å². The van der Waals surface area contributed by atoms with E-state index in [0.29, 0.717) is 9.90 Å². The van der Waals surface area contributed by atoms with Crippen molar-refractivity contribution in [2.75, 3.05) is 38.0 Å². The van der Waals surface area contributed by atoms with Crippen LogP contribution in [-0.2, 0) is 0 Å². The van der Waals surface area contributed by atoms with E-state index >= 15 is 0 Å². The zero-order valence-corrected chi connectivity index (χ0v) is 20.7. The van der Waals surface area contributed by atoms with Crippen LogP contribution in [0.25, 0.3) is 0 Å². The summed E-state index contributed by atoms with van der Waals surface area (Å²) in [5, 5.41) is 0. The molecule has 0 radical (unpaired) electrons. The second kappa shape index (κ2) is 11.8. The van der Waals surface area contributed by atoms with Gasteiger partial charge in [-0.1, -0.05) is 12.8 Å². The smallest absolute Gasteiger partial charge is 0.211 e. The van der Waals surface area contributed by atoms with Crippen LogP contribution in [0, 0.1) is 0 Å². The van der Waals surface area contributed by atoms with E-state index in [1.54, 1.807) is 0 Å². The van der Waals surface area contributed by atoms with Crippen molar-refractivity contribution in [2.45, 2.75) is 48.4 Å². The van der Waals surface area contributed by atoms with Crippen molar-refractivity contribution in [3.05, 3.63) is 49.1 Å². The summed E-state index contributed by atoms with van der Waals surface area (Å²) in [4.78, 5) is 5.00. The largest absolute Gasteiger partial charge is 0.377 e. The predicted octanol–water partition coefficient (Wildman–Crippen LogP) is 5.22. The van der Waals surface area contributed by atoms with E-state index < -0.39 is 0 Å². The van der Waals surface area contributed by atoms with Gasteiger partial charge in [0, 0.05) is 76.7 Å². The summed E-state index contributed by atoms with van der Waals surface area (Å²) < 4.78 is 4.49. The zero-order chi connectivity index (χ0) is 20.5. The summed E-state index contributed by atoms with van der Waals surface area (Å²) in [6.07, 6.45) is 16.0. The number of halogens is 2. The lowest BCUT2D eigenvalue weighted by molar-refractivity contribution is -0.698. The van der Waals surface area contributed by atoms with Crippen LogP contribution in [0.4, 0.5) is 11.4 Å². The monoisotopic (exact) mass is 512 g/mol. The van der Waals surface area contributed by atoms with Crippen molar-refractivity contribution in [2.24, 2.45) is 0 Å². The second-order valence-electron chi connectivity index (χ2n) is 7.66. The Bertz CT molecular complexity index is 625. The zero-order valence-electron chi connectivity index (χ0n) is 17.6. The van der Waals surface area contributed by atoms with Gasteiger partial charge in [0.15, 0.2) is 24.8 Å². The lowest BCUT2D eigenvalue weighted by Gasteiger charge is -2.12. The molecule has 0 bridgehead atoms. The van der Waals surface area contributed by atoms with Gasteiger partial charge in [-0.2, -0.15) is 9.13 Å². The molecule has 2 atom stereocenters. The molecule has 0 amide bonds. The molecule has 0 saturated carbocycles. The number of pyridine rings is 2. The molecule has 2 heterocycles. The van der Waals surface area contributed by atoms with Crippen molar-refractivity contribution in [3.8, 4) is 0 Å². The van der Waals surface area contributed by atoms with Crippen LogP contribution in [0.3, 0.4) is 0 Å². The molecular formula is C22H34Br2N4+2. The number of rotatable bonds is 11. The number of hydrogen-bond acceptors (Lipinski definition) is 2. The average molecular weight is 514 g/mol. The molecule has 28 heavy (non-hydrogen) atoms. The van der Waals surface area contributed by atoms with E-state index in [-0.39, 0.29) is 0 Å². The Morgan fingerprint density at radius 2 is 0.964 bits per heavy atom. The third-order valence-corrected chi connectivity index (χ3v) is 6.85. The molecule has 0 N–H and O–H groups in total. The molecular weight excluding hydrogens is 480 g/mol. The van der Waals surface area contributed by atoms with Gasteiger partial charge in [-0.3, -0.25) is 0 Å². The Balaban J connectivity index is 1.63. The summed E-state index contributed by atoms with van der Waals surface area (Å²) in [6.45, 7) is 0. The third-order valence-electron chi connectivity index (χ3n) is 4.98. The van der Waals surface area contributed by atoms with Gasteiger partial charge in [-0.25, -0.2) is 0 Å². The fraction of sp³-hybridized carbons (Fsp3) is 0.545. The predicted molar refractivity (Wildman–Crippen MR) is 126 cm³/mol. The molecule has 0 aromatic carbocycles. The summed E-state index contributed by atoms with van der Waals surface area (Å²) >= 11 is 7.64. The minimum Gasteiger partial charge on any atom is -0.377 e. The molecule has 0 spiro atoms.